The fourth-order valence-electron chi connectivity index (χ4n) is 4.79. The Morgan fingerprint density at radius 2 is 1.90 bits per heavy atom. The molecule has 2 aliphatic rings. The van der Waals surface area contributed by atoms with E-state index in [1.54, 1.807) is 12.1 Å². The van der Waals surface area contributed by atoms with Crippen LogP contribution in [0, 0.1) is 11.8 Å². The molecule has 2 amide bonds. The van der Waals surface area contributed by atoms with E-state index in [4.69, 9.17) is 0 Å². The van der Waals surface area contributed by atoms with E-state index in [0.717, 1.165) is 43.6 Å². The van der Waals surface area contributed by atoms with Crippen molar-refractivity contribution >= 4 is 17.8 Å². The molecule has 170 valence electrons. The van der Waals surface area contributed by atoms with Crippen LogP contribution in [0.4, 0.5) is 0 Å². The summed E-state index contributed by atoms with van der Waals surface area (Å²) in [7, 11) is 1.33. The fraction of sp³-hybridized carbons (Fsp3) is 0.625. The van der Waals surface area contributed by atoms with Crippen molar-refractivity contribution in [2.75, 3.05) is 26.7 Å². The van der Waals surface area contributed by atoms with Gasteiger partial charge in [0.2, 0.25) is 5.91 Å². The SMILES string of the molecule is COC(=O)CCNC(=O)c1ccc(CCN2C(=O)CNC23CCC(C(C)C)CC3)cc1. The first-order chi connectivity index (χ1) is 14.8. The predicted octanol–water partition coefficient (Wildman–Crippen LogP) is 2.50. The largest absolute Gasteiger partial charge is 0.469 e. The lowest BCUT2D eigenvalue weighted by Gasteiger charge is -2.44. The van der Waals surface area contributed by atoms with Gasteiger partial charge in [-0.1, -0.05) is 26.0 Å². The number of methoxy groups -OCH3 is 1. The molecule has 7 heteroatoms. The molecule has 1 saturated carbocycles. The predicted molar refractivity (Wildman–Crippen MR) is 118 cm³/mol. The monoisotopic (exact) mass is 429 g/mol. The van der Waals surface area contributed by atoms with Gasteiger partial charge in [-0.3, -0.25) is 19.7 Å². The molecular formula is C24H35N3O4. The van der Waals surface area contributed by atoms with E-state index in [0.29, 0.717) is 24.6 Å². The van der Waals surface area contributed by atoms with Crippen LogP contribution in [0.15, 0.2) is 24.3 Å². The van der Waals surface area contributed by atoms with Crippen LogP contribution in [-0.4, -0.2) is 55.1 Å². The van der Waals surface area contributed by atoms with Gasteiger partial charge in [-0.25, -0.2) is 0 Å². The average molecular weight is 430 g/mol. The van der Waals surface area contributed by atoms with Crippen molar-refractivity contribution in [2.24, 2.45) is 11.8 Å². The fourth-order valence-corrected chi connectivity index (χ4v) is 4.79. The highest BCUT2D eigenvalue weighted by atomic mass is 16.5. The van der Waals surface area contributed by atoms with Gasteiger partial charge in [-0.05, 0) is 61.6 Å². The second-order valence-electron chi connectivity index (χ2n) is 9.04. The van der Waals surface area contributed by atoms with Crippen LogP contribution < -0.4 is 10.6 Å². The molecule has 1 aromatic carbocycles. The lowest BCUT2D eigenvalue weighted by atomic mass is 9.76. The van der Waals surface area contributed by atoms with Gasteiger partial charge in [0.05, 0.1) is 25.7 Å². The lowest BCUT2D eigenvalue weighted by Crippen LogP contribution is -2.55. The highest BCUT2D eigenvalue weighted by Crippen LogP contribution is 2.39. The molecule has 1 saturated heterocycles. The minimum Gasteiger partial charge on any atom is -0.469 e. The Bertz CT molecular complexity index is 783. The van der Waals surface area contributed by atoms with Gasteiger partial charge < -0.3 is 15.0 Å². The molecule has 3 rings (SSSR count). The highest BCUT2D eigenvalue weighted by Gasteiger charge is 2.46. The summed E-state index contributed by atoms with van der Waals surface area (Å²) in [6.07, 6.45) is 5.27. The summed E-state index contributed by atoms with van der Waals surface area (Å²) in [5.41, 5.74) is 1.47. The number of hydrogen-bond donors (Lipinski definition) is 2. The third-order valence-corrected chi connectivity index (χ3v) is 6.87. The highest BCUT2D eigenvalue weighted by molar-refractivity contribution is 5.94. The number of nitrogens with zero attached hydrogens (tertiary/aromatic N) is 1. The molecule has 0 atom stereocenters. The van der Waals surface area contributed by atoms with Crippen LogP contribution in [0.5, 0.6) is 0 Å². The normalized spacial score (nSPS) is 23.4. The summed E-state index contributed by atoms with van der Waals surface area (Å²) in [4.78, 5) is 37.9. The zero-order chi connectivity index (χ0) is 22.4. The molecule has 1 aliphatic heterocycles. The second-order valence-corrected chi connectivity index (χ2v) is 9.04. The molecule has 1 aromatic rings. The molecule has 1 spiro atoms. The van der Waals surface area contributed by atoms with Gasteiger partial charge in [-0.15, -0.1) is 0 Å². The van der Waals surface area contributed by atoms with Crippen LogP contribution in [0.2, 0.25) is 0 Å². The quantitative estimate of drug-likeness (QED) is 0.620. The van der Waals surface area contributed by atoms with Crippen LogP contribution in [0.25, 0.3) is 0 Å². The van der Waals surface area contributed by atoms with Gasteiger partial charge in [0.1, 0.15) is 0 Å². The van der Waals surface area contributed by atoms with E-state index >= 15 is 0 Å². The second kappa shape index (κ2) is 10.3. The smallest absolute Gasteiger partial charge is 0.307 e. The van der Waals surface area contributed by atoms with E-state index in [1.807, 2.05) is 12.1 Å². The number of carbonyl (C=O) groups excluding carboxylic acids is 3. The Labute approximate surface area is 184 Å². The summed E-state index contributed by atoms with van der Waals surface area (Å²) in [6, 6.07) is 7.45. The number of ether oxygens (including phenoxy) is 1. The van der Waals surface area contributed by atoms with E-state index in [9.17, 15) is 14.4 Å². The van der Waals surface area contributed by atoms with Gasteiger partial charge in [-0.2, -0.15) is 0 Å². The summed E-state index contributed by atoms with van der Waals surface area (Å²) >= 11 is 0. The maximum Gasteiger partial charge on any atom is 0.307 e. The van der Waals surface area contributed by atoms with Crippen molar-refractivity contribution in [3.63, 3.8) is 0 Å². The molecule has 2 fully saturated rings. The molecule has 0 unspecified atom stereocenters. The molecule has 0 aromatic heterocycles. The van der Waals surface area contributed by atoms with E-state index in [-0.39, 0.29) is 36.4 Å². The first-order valence-corrected chi connectivity index (χ1v) is 11.3. The van der Waals surface area contributed by atoms with E-state index in [2.05, 4.69) is 34.1 Å². The number of rotatable bonds is 8. The Kier molecular flexibility index (Phi) is 7.70. The molecule has 1 aliphatic carbocycles. The van der Waals surface area contributed by atoms with Crippen LogP contribution in [0.1, 0.15) is 61.9 Å². The average Bonchev–Trinajstić information content (AvgIpc) is 3.07. The van der Waals surface area contributed by atoms with Crippen LogP contribution in [0.3, 0.4) is 0 Å². The third kappa shape index (κ3) is 5.64. The summed E-state index contributed by atoms with van der Waals surface area (Å²) < 4.78 is 4.56. The summed E-state index contributed by atoms with van der Waals surface area (Å²) in [5.74, 6) is 1.06. The summed E-state index contributed by atoms with van der Waals surface area (Å²) in [5, 5.41) is 6.23. The van der Waals surface area contributed by atoms with Gasteiger partial charge >= 0.3 is 5.97 Å². The van der Waals surface area contributed by atoms with Crippen molar-refractivity contribution in [2.45, 2.75) is 58.0 Å². The molecule has 1 heterocycles. The first kappa shape index (κ1) is 23.3. The van der Waals surface area contributed by atoms with Crippen molar-refractivity contribution in [1.82, 2.24) is 15.5 Å². The molecule has 2 N–H and O–H groups in total. The third-order valence-electron chi connectivity index (χ3n) is 6.87. The van der Waals surface area contributed by atoms with Crippen molar-refractivity contribution in [1.29, 1.82) is 0 Å². The number of carbonyl (C=O) groups is 3. The van der Waals surface area contributed by atoms with Crippen LogP contribution in [-0.2, 0) is 20.7 Å². The molecule has 7 nitrogen and oxygen atoms in total. The number of esters is 1. The maximum absolute atomic E-state index is 12.6. The zero-order valence-corrected chi connectivity index (χ0v) is 18.9. The number of nitrogens with one attached hydrogen (secondary N) is 2. The van der Waals surface area contributed by atoms with Crippen molar-refractivity contribution < 1.29 is 19.1 Å². The topological polar surface area (TPSA) is 87.7 Å². The van der Waals surface area contributed by atoms with E-state index in [1.165, 1.54) is 7.11 Å². The zero-order valence-electron chi connectivity index (χ0n) is 18.9. The Morgan fingerprint density at radius 1 is 1.23 bits per heavy atom. The minimum atomic E-state index is -0.350. The maximum atomic E-state index is 12.6. The van der Waals surface area contributed by atoms with Crippen molar-refractivity contribution in [3.05, 3.63) is 35.4 Å². The standard InChI is InChI=1S/C24H35N3O4/c1-17(2)19-8-12-24(13-9-19)26-16-21(28)27(24)15-11-18-4-6-20(7-5-18)23(30)25-14-10-22(29)31-3/h4-7,17,19,26H,8-16H2,1-3H3,(H,25,30). The molecular weight excluding hydrogens is 394 g/mol. The van der Waals surface area contributed by atoms with Gasteiger partial charge in [0, 0.05) is 18.7 Å². The Balaban J connectivity index is 1.52. The van der Waals surface area contributed by atoms with Gasteiger partial charge in [0.25, 0.3) is 5.91 Å². The minimum absolute atomic E-state index is 0.151. The van der Waals surface area contributed by atoms with Gasteiger partial charge in [0.15, 0.2) is 0 Å². The number of hydrogen-bond acceptors (Lipinski definition) is 5. The number of amides is 2. The van der Waals surface area contributed by atoms with E-state index < -0.39 is 0 Å². The lowest BCUT2D eigenvalue weighted by molar-refractivity contribution is -0.140. The van der Waals surface area contributed by atoms with Crippen molar-refractivity contribution in [3.8, 4) is 0 Å². The van der Waals surface area contributed by atoms with Crippen LogP contribution >= 0.6 is 0 Å². The Hall–Kier alpha value is -2.41. The molecule has 0 radical (unpaired) electrons. The number of benzene rings is 1. The first-order valence-electron chi connectivity index (χ1n) is 11.3. The molecule has 0 bridgehead atoms. The summed E-state index contributed by atoms with van der Waals surface area (Å²) in [6.45, 7) is 5.93. The molecule has 31 heavy (non-hydrogen) atoms. The Morgan fingerprint density at radius 3 is 2.52 bits per heavy atom.